The van der Waals surface area contributed by atoms with Crippen molar-refractivity contribution in [2.45, 2.75) is 50.6 Å². The maximum absolute atomic E-state index is 13.0. The second-order valence-corrected chi connectivity index (χ2v) is 8.05. The number of imide groups is 1. The number of hydrogen-bond donors (Lipinski definition) is 0. The lowest BCUT2D eigenvalue weighted by atomic mass is 10.0. The van der Waals surface area contributed by atoms with Gasteiger partial charge in [-0.3, -0.25) is 19.3 Å². The first kappa shape index (κ1) is 15.1. The number of rotatable bonds is 5. The van der Waals surface area contributed by atoms with E-state index in [2.05, 4.69) is 0 Å². The van der Waals surface area contributed by atoms with Crippen molar-refractivity contribution in [1.82, 2.24) is 9.80 Å². The number of benzene rings is 1. The SMILES string of the molecule is CN(C(=O)c1ccc2c(c1)C(=O)N(C1CC1)C2=O)C(C1CC1)C1CC1. The Labute approximate surface area is 147 Å². The molecule has 1 aromatic carbocycles. The van der Waals surface area contributed by atoms with Gasteiger partial charge < -0.3 is 4.90 Å². The molecule has 0 bridgehead atoms. The van der Waals surface area contributed by atoms with Gasteiger partial charge in [0.25, 0.3) is 17.7 Å². The summed E-state index contributed by atoms with van der Waals surface area (Å²) in [4.78, 5) is 41.2. The van der Waals surface area contributed by atoms with Crippen LogP contribution < -0.4 is 0 Å². The zero-order valence-electron chi connectivity index (χ0n) is 14.4. The first-order valence-electron chi connectivity index (χ1n) is 9.35. The molecule has 0 spiro atoms. The summed E-state index contributed by atoms with van der Waals surface area (Å²) >= 11 is 0. The van der Waals surface area contributed by atoms with Gasteiger partial charge in [-0.25, -0.2) is 0 Å². The Balaban J connectivity index is 1.43. The molecule has 5 nitrogen and oxygen atoms in total. The topological polar surface area (TPSA) is 57.7 Å². The number of amides is 3. The van der Waals surface area contributed by atoms with Gasteiger partial charge in [0.2, 0.25) is 0 Å². The van der Waals surface area contributed by atoms with Gasteiger partial charge >= 0.3 is 0 Å². The van der Waals surface area contributed by atoms with E-state index in [1.165, 1.54) is 30.6 Å². The fraction of sp³-hybridized carbons (Fsp3) is 0.550. The molecule has 0 saturated heterocycles. The molecule has 1 aromatic rings. The number of carbonyl (C=O) groups is 3. The van der Waals surface area contributed by atoms with Gasteiger partial charge in [-0.1, -0.05) is 0 Å². The predicted molar refractivity (Wildman–Crippen MR) is 91.3 cm³/mol. The quantitative estimate of drug-likeness (QED) is 0.776. The molecular weight excluding hydrogens is 316 g/mol. The van der Waals surface area contributed by atoms with E-state index in [4.69, 9.17) is 0 Å². The van der Waals surface area contributed by atoms with E-state index in [1.54, 1.807) is 18.2 Å². The number of carbonyl (C=O) groups excluding carboxylic acids is 3. The van der Waals surface area contributed by atoms with Crippen LogP contribution in [0.2, 0.25) is 0 Å². The summed E-state index contributed by atoms with van der Waals surface area (Å²) in [6.07, 6.45) is 6.64. The molecule has 130 valence electrons. The minimum atomic E-state index is -0.235. The summed E-state index contributed by atoms with van der Waals surface area (Å²) in [7, 11) is 1.89. The van der Waals surface area contributed by atoms with Crippen LogP contribution >= 0.6 is 0 Å². The third-order valence-electron chi connectivity index (χ3n) is 6.05. The van der Waals surface area contributed by atoms with Crippen LogP contribution in [-0.4, -0.2) is 46.7 Å². The van der Waals surface area contributed by atoms with Crippen molar-refractivity contribution < 1.29 is 14.4 Å². The smallest absolute Gasteiger partial charge is 0.261 e. The van der Waals surface area contributed by atoms with Crippen molar-refractivity contribution in [2.24, 2.45) is 11.8 Å². The Morgan fingerprint density at radius 3 is 2.16 bits per heavy atom. The highest BCUT2D eigenvalue weighted by Gasteiger charge is 2.46. The van der Waals surface area contributed by atoms with E-state index < -0.39 is 0 Å². The number of fused-ring (bicyclic) bond motifs is 1. The van der Waals surface area contributed by atoms with Crippen LogP contribution in [0.3, 0.4) is 0 Å². The van der Waals surface area contributed by atoms with Gasteiger partial charge in [0.05, 0.1) is 11.1 Å². The summed E-state index contributed by atoms with van der Waals surface area (Å²) in [6.45, 7) is 0. The summed E-state index contributed by atoms with van der Waals surface area (Å²) in [6, 6.07) is 5.39. The lowest BCUT2D eigenvalue weighted by Gasteiger charge is -2.28. The van der Waals surface area contributed by atoms with E-state index in [0.717, 1.165) is 12.8 Å². The van der Waals surface area contributed by atoms with Crippen LogP contribution in [0.15, 0.2) is 18.2 Å². The van der Waals surface area contributed by atoms with Gasteiger partial charge in [-0.05, 0) is 68.6 Å². The third-order valence-corrected chi connectivity index (χ3v) is 6.05. The minimum absolute atomic E-state index is 0.0308. The van der Waals surface area contributed by atoms with Crippen LogP contribution in [0.25, 0.3) is 0 Å². The first-order valence-corrected chi connectivity index (χ1v) is 9.35. The molecule has 0 aromatic heterocycles. The van der Waals surface area contributed by atoms with Gasteiger partial charge in [-0.2, -0.15) is 0 Å². The Morgan fingerprint density at radius 2 is 1.60 bits per heavy atom. The van der Waals surface area contributed by atoms with Crippen molar-refractivity contribution in [3.05, 3.63) is 34.9 Å². The summed E-state index contributed by atoms with van der Waals surface area (Å²) in [5.74, 6) is 0.815. The van der Waals surface area contributed by atoms with Crippen LogP contribution in [0.4, 0.5) is 0 Å². The molecular formula is C20H22N2O3. The Kier molecular flexibility index (Phi) is 3.12. The van der Waals surface area contributed by atoms with Gasteiger partial charge in [0.1, 0.15) is 0 Å². The van der Waals surface area contributed by atoms with Crippen molar-refractivity contribution >= 4 is 17.7 Å². The molecule has 0 N–H and O–H groups in total. The van der Waals surface area contributed by atoms with Gasteiger partial charge in [0, 0.05) is 24.7 Å². The van der Waals surface area contributed by atoms with Crippen LogP contribution in [0.5, 0.6) is 0 Å². The molecule has 0 atom stereocenters. The molecule has 3 fully saturated rings. The van der Waals surface area contributed by atoms with E-state index >= 15 is 0 Å². The highest BCUT2D eigenvalue weighted by Crippen LogP contribution is 2.47. The molecule has 5 rings (SSSR count). The van der Waals surface area contributed by atoms with Crippen LogP contribution in [0.1, 0.15) is 69.6 Å². The van der Waals surface area contributed by atoms with Gasteiger partial charge in [-0.15, -0.1) is 0 Å². The van der Waals surface area contributed by atoms with E-state index in [1.807, 2.05) is 11.9 Å². The largest absolute Gasteiger partial charge is 0.338 e. The third kappa shape index (κ3) is 2.40. The van der Waals surface area contributed by atoms with Crippen molar-refractivity contribution in [1.29, 1.82) is 0 Å². The average Bonchev–Trinajstić information content (AvgIpc) is 3.46. The molecule has 0 radical (unpaired) electrons. The zero-order valence-corrected chi connectivity index (χ0v) is 14.4. The molecule has 0 unspecified atom stereocenters. The maximum Gasteiger partial charge on any atom is 0.261 e. The van der Waals surface area contributed by atoms with Crippen molar-refractivity contribution in [3.8, 4) is 0 Å². The standard InChI is InChI=1S/C20H22N2O3/c1-21(17(11-2-3-11)12-4-5-12)18(23)13-6-9-15-16(10-13)20(25)22(19(15)24)14-7-8-14/h6,9-12,14,17H,2-5,7-8H2,1H3. The maximum atomic E-state index is 13.0. The zero-order chi connectivity index (χ0) is 17.3. The van der Waals surface area contributed by atoms with Crippen molar-refractivity contribution in [3.63, 3.8) is 0 Å². The first-order chi connectivity index (χ1) is 12.1. The minimum Gasteiger partial charge on any atom is -0.338 e. The fourth-order valence-corrected chi connectivity index (χ4v) is 4.29. The average molecular weight is 338 g/mol. The highest BCUT2D eigenvalue weighted by atomic mass is 16.2. The summed E-state index contributed by atoms with van der Waals surface area (Å²) in [5, 5.41) is 0. The fourth-order valence-electron chi connectivity index (χ4n) is 4.29. The molecule has 25 heavy (non-hydrogen) atoms. The molecule has 5 heteroatoms. The predicted octanol–water partition coefficient (Wildman–Crippen LogP) is 2.71. The van der Waals surface area contributed by atoms with Crippen molar-refractivity contribution in [2.75, 3.05) is 7.05 Å². The number of nitrogens with zero attached hydrogens (tertiary/aromatic N) is 2. The summed E-state index contributed by atoms with van der Waals surface area (Å²) < 4.78 is 0. The molecule has 3 amide bonds. The molecule has 3 aliphatic carbocycles. The molecule has 4 aliphatic rings. The van der Waals surface area contributed by atoms with E-state index in [-0.39, 0.29) is 23.8 Å². The molecule has 3 saturated carbocycles. The summed E-state index contributed by atoms with van der Waals surface area (Å²) in [5.41, 5.74) is 1.36. The van der Waals surface area contributed by atoms with E-state index in [0.29, 0.717) is 34.6 Å². The molecule has 1 aliphatic heterocycles. The Bertz CT molecular complexity index is 778. The monoisotopic (exact) mass is 338 g/mol. The van der Waals surface area contributed by atoms with Crippen LogP contribution in [0, 0.1) is 11.8 Å². The normalized spacial score (nSPS) is 22.6. The molecule has 1 heterocycles. The van der Waals surface area contributed by atoms with Gasteiger partial charge in [0.15, 0.2) is 0 Å². The second kappa shape index (κ2) is 5.16. The van der Waals surface area contributed by atoms with E-state index in [9.17, 15) is 14.4 Å². The Morgan fingerprint density at radius 1 is 1.00 bits per heavy atom. The lowest BCUT2D eigenvalue weighted by molar-refractivity contribution is 0.0641. The number of hydrogen-bond acceptors (Lipinski definition) is 3. The Hall–Kier alpha value is -2.17. The van der Waals surface area contributed by atoms with Crippen LogP contribution in [-0.2, 0) is 0 Å². The highest BCUT2D eigenvalue weighted by molar-refractivity contribution is 6.22. The lowest BCUT2D eigenvalue weighted by Crippen LogP contribution is -2.40. The second-order valence-electron chi connectivity index (χ2n) is 8.05.